The van der Waals surface area contributed by atoms with Crippen LogP contribution in [0.5, 0.6) is 0 Å². The molecule has 0 aromatic heterocycles. The van der Waals surface area contributed by atoms with Crippen molar-refractivity contribution in [2.45, 2.75) is 0 Å². The molecule has 0 amide bonds. The molecule has 5 N–H and O–H groups in total. The van der Waals surface area contributed by atoms with Gasteiger partial charge in [0.1, 0.15) is 0 Å². The summed E-state index contributed by atoms with van der Waals surface area (Å²) in [5.74, 6) is 0. The Morgan fingerprint density at radius 3 is 1.06 bits per heavy atom. The monoisotopic (exact) mass is 234 g/mol. The molecule has 17 heavy (non-hydrogen) atoms. The van der Waals surface area contributed by atoms with Gasteiger partial charge < -0.3 is 20.5 Å². The number of hydrogen-bond donors (Lipinski definition) is 3. The van der Waals surface area contributed by atoms with Gasteiger partial charge in [-0.2, -0.15) is 0 Å². The lowest BCUT2D eigenvalue weighted by atomic mass is 10.1. The molecule has 0 saturated carbocycles. The SMILES string of the molecule is O.OB(O)O.c1ccc(-c2ccccc2)cc1. The van der Waals surface area contributed by atoms with Gasteiger partial charge in [0.05, 0.1) is 0 Å². The first-order valence-electron chi connectivity index (χ1n) is 4.85. The maximum atomic E-state index is 7.17. The van der Waals surface area contributed by atoms with E-state index in [4.69, 9.17) is 15.1 Å². The maximum absolute atomic E-state index is 7.17. The Balaban J connectivity index is 0.000000453. The second-order valence-electron chi connectivity index (χ2n) is 3.08. The zero-order valence-electron chi connectivity index (χ0n) is 9.19. The topological polar surface area (TPSA) is 92.2 Å². The summed E-state index contributed by atoms with van der Waals surface area (Å²) in [6.07, 6.45) is 0. The lowest BCUT2D eigenvalue weighted by Gasteiger charge is -1.98. The predicted molar refractivity (Wildman–Crippen MR) is 67.9 cm³/mol. The maximum Gasteiger partial charge on any atom is 0.631 e. The van der Waals surface area contributed by atoms with Gasteiger partial charge in [-0.1, -0.05) is 60.7 Å². The summed E-state index contributed by atoms with van der Waals surface area (Å²) in [5, 5.41) is 21.5. The van der Waals surface area contributed by atoms with Crippen molar-refractivity contribution < 1.29 is 20.5 Å². The van der Waals surface area contributed by atoms with Crippen LogP contribution in [0.1, 0.15) is 0 Å². The Bertz CT molecular complexity index is 352. The average molecular weight is 234 g/mol. The summed E-state index contributed by atoms with van der Waals surface area (Å²) in [4.78, 5) is 0. The number of benzene rings is 2. The zero-order valence-corrected chi connectivity index (χ0v) is 9.19. The molecule has 0 aliphatic heterocycles. The van der Waals surface area contributed by atoms with Crippen LogP contribution < -0.4 is 0 Å². The molecule has 4 nitrogen and oxygen atoms in total. The molecule has 0 unspecified atom stereocenters. The third kappa shape index (κ3) is 6.50. The standard InChI is InChI=1S/C12H10.BH3O3.H2O/c1-3-7-11(8-4-1)12-9-5-2-6-10-12;2-1(3)4;/h1-10H;2-4H;1H2. The molecule has 0 aliphatic carbocycles. The molecule has 0 radical (unpaired) electrons. The predicted octanol–water partition coefficient (Wildman–Crippen LogP) is 0.477. The first-order valence-corrected chi connectivity index (χ1v) is 4.85. The Morgan fingerprint density at radius 1 is 0.588 bits per heavy atom. The second-order valence-corrected chi connectivity index (χ2v) is 3.08. The zero-order chi connectivity index (χ0) is 11.8. The van der Waals surface area contributed by atoms with Gasteiger partial charge >= 0.3 is 7.32 Å². The minimum absolute atomic E-state index is 0. The highest BCUT2D eigenvalue weighted by Crippen LogP contribution is 2.17. The van der Waals surface area contributed by atoms with Crippen molar-refractivity contribution >= 4 is 7.32 Å². The summed E-state index contributed by atoms with van der Waals surface area (Å²) >= 11 is 0. The van der Waals surface area contributed by atoms with Crippen LogP contribution in [0.15, 0.2) is 60.7 Å². The molecular formula is C12H15BO4. The van der Waals surface area contributed by atoms with E-state index >= 15 is 0 Å². The van der Waals surface area contributed by atoms with E-state index in [0.29, 0.717) is 0 Å². The average Bonchev–Trinajstić information content (AvgIpc) is 2.31. The Morgan fingerprint density at radius 2 is 0.824 bits per heavy atom. The molecule has 5 heteroatoms. The molecule has 0 heterocycles. The van der Waals surface area contributed by atoms with Crippen molar-refractivity contribution in [1.82, 2.24) is 0 Å². The van der Waals surface area contributed by atoms with Gasteiger partial charge in [-0.25, -0.2) is 0 Å². The Kier molecular flexibility index (Phi) is 7.66. The Hall–Kier alpha value is -1.66. The second kappa shape index (κ2) is 8.49. The summed E-state index contributed by atoms with van der Waals surface area (Å²) in [7, 11) is -2.17. The highest BCUT2D eigenvalue weighted by Gasteiger charge is 1.93. The minimum atomic E-state index is -2.17. The van der Waals surface area contributed by atoms with Crippen molar-refractivity contribution in [1.29, 1.82) is 0 Å². The van der Waals surface area contributed by atoms with E-state index in [-0.39, 0.29) is 5.48 Å². The van der Waals surface area contributed by atoms with Crippen LogP contribution in [0.4, 0.5) is 0 Å². The van der Waals surface area contributed by atoms with Crippen LogP contribution in [-0.2, 0) is 0 Å². The van der Waals surface area contributed by atoms with Gasteiger partial charge in [-0.3, -0.25) is 0 Å². The van der Waals surface area contributed by atoms with Gasteiger partial charge in [-0.15, -0.1) is 0 Å². The summed E-state index contributed by atoms with van der Waals surface area (Å²) < 4.78 is 0. The van der Waals surface area contributed by atoms with E-state index in [9.17, 15) is 0 Å². The highest BCUT2D eigenvalue weighted by molar-refractivity contribution is 6.30. The first kappa shape index (κ1) is 15.3. The van der Waals surface area contributed by atoms with E-state index in [2.05, 4.69) is 48.5 Å². The van der Waals surface area contributed by atoms with Gasteiger partial charge in [0.15, 0.2) is 0 Å². The lowest BCUT2D eigenvalue weighted by molar-refractivity contribution is 0.278. The summed E-state index contributed by atoms with van der Waals surface area (Å²) in [6, 6.07) is 20.8. The fourth-order valence-electron chi connectivity index (χ4n) is 1.26. The smallest absolute Gasteiger partial charge is 0.412 e. The minimum Gasteiger partial charge on any atom is -0.412 e. The fourth-order valence-corrected chi connectivity index (χ4v) is 1.26. The van der Waals surface area contributed by atoms with E-state index < -0.39 is 7.32 Å². The van der Waals surface area contributed by atoms with Crippen LogP contribution in [-0.4, -0.2) is 27.9 Å². The normalized spacial score (nSPS) is 8.41. The van der Waals surface area contributed by atoms with Gasteiger partial charge in [0, 0.05) is 0 Å². The molecule has 0 aliphatic rings. The third-order valence-electron chi connectivity index (χ3n) is 1.88. The third-order valence-corrected chi connectivity index (χ3v) is 1.88. The highest BCUT2D eigenvalue weighted by atomic mass is 16.5. The molecule has 0 saturated heterocycles. The Labute approximate surface area is 100 Å². The van der Waals surface area contributed by atoms with Crippen LogP contribution in [0, 0.1) is 0 Å². The van der Waals surface area contributed by atoms with Crippen LogP contribution >= 0.6 is 0 Å². The molecule has 0 bridgehead atoms. The van der Waals surface area contributed by atoms with Crippen molar-refractivity contribution in [3.63, 3.8) is 0 Å². The molecule has 0 atom stereocenters. The quantitative estimate of drug-likeness (QED) is 0.626. The van der Waals surface area contributed by atoms with Crippen LogP contribution in [0.3, 0.4) is 0 Å². The molecule has 2 rings (SSSR count). The summed E-state index contributed by atoms with van der Waals surface area (Å²) in [6.45, 7) is 0. The molecular weight excluding hydrogens is 219 g/mol. The van der Waals surface area contributed by atoms with E-state index in [1.165, 1.54) is 11.1 Å². The van der Waals surface area contributed by atoms with Gasteiger partial charge in [0.25, 0.3) is 0 Å². The molecule has 0 spiro atoms. The van der Waals surface area contributed by atoms with Crippen molar-refractivity contribution in [2.24, 2.45) is 0 Å². The van der Waals surface area contributed by atoms with Gasteiger partial charge in [-0.05, 0) is 11.1 Å². The largest absolute Gasteiger partial charge is 0.631 e. The molecule has 90 valence electrons. The molecule has 2 aromatic carbocycles. The number of rotatable bonds is 1. The fraction of sp³-hybridized carbons (Fsp3) is 0. The van der Waals surface area contributed by atoms with E-state index in [1.54, 1.807) is 0 Å². The van der Waals surface area contributed by atoms with Crippen LogP contribution in [0.2, 0.25) is 0 Å². The van der Waals surface area contributed by atoms with Crippen molar-refractivity contribution in [3.8, 4) is 11.1 Å². The molecule has 2 aromatic rings. The van der Waals surface area contributed by atoms with Crippen LogP contribution in [0.25, 0.3) is 11.1 Å². The molecule has 0 fully saturated rings. The van der Waals surface area contributed by atoms with Crippen molar-refractivity contribution in [2.75, 3.05) is 0 Å². The summed E-state index contributed by atoms with van der Waals surface area (Å²) in [5.41, 5.74) is 2.55. The van der Waals surface area contributed by atoms with E-state index in [1.807, 2.05) is 12.1 Å². The lowest BCUT2D eigenvalue weighted by Crippen LogP contribution is -2.07. The van der Waals surface area contributed by atoms with E-state index in [0.717, 1.165) is 0 Å². The van der Waals surface area contributed by atoms with Crippen molar-refractivity contribution in [3.05, 3.63) is 60.7 Å². The first-order chi connectivity index (χ1) is 7.70. The van der Waals surface area contributed by atoms with Gasteiger partial charge in [0.2, 0.25) is 0 Å². The number of hydrogen-bond acceptors (Lipinski definition) is 3.